The topological polar surface area (TPSA) is 80.8 Å². The number of nitrogens with one attached hydrogen (secondary N) is 1. The van der Waals surface area contributed by atoms with Crippen LogP contribution in [-0.2, 0) is 11.3 Å². The van der Waals surface area contributed by atoms with E-state index in [4.69, 9.17) is 4.74 Å². The fourth-order valence-electron chi connectivity index (χ4n) is 2.24. The lowest BCUT2D eigenvalue weighted by Crippen LogP contribution is -2.27. The van der Waals surface area contributed by atoms with E-state index < -0.39 is 6.09 Å². The summed E-state index contributed by atoms with van der Waals surface area (Å²) in [5, 5.41) is 2.89. The van der Waals surface area contributed by atoms with Gasteiger partial charge in [-0.05, 0) is 36.7 Å². The van der Waals surface area contributed by atoms with Crippen molar-refractivity contribution in [3.63, 3.8) is 0 Å². The maximum absolute atomic E-state index is 12.9. The number of amides is 2. The van der Waals surface area contributed by atoms with Crippen LogP contribution < -0.4 is 10.1 Å². The zero-order valence-electron chi connectivity index (χ0n) is 14.3. The van der Waals surface area contributed by atoms with Gasteiger partial charge in [-0.15, -0.1) is 0 Å². The van der Waals surface area contributed by atoms with Gasteiger partial charge < -0.3 is 14.4 Å². The molecule has 0 aliphatic heterocycles. The van der Waals surface area contributed by atoms with Gasteiger partial charge in [-0.1, -0.05) is 15.9 Å². The van der Waals surface area contributed by atoms with E-state index in [0.29, 0.717) is 28.6 Å². The molecule has 0 saturated heterocycles. The number of ether oxygens (including phenoxy) is 2. The van der Waals surface area contributed by atoms with Gasteiger partial charge in [0.05, 0.1) is 25.5 Å². The van der Waals surface area contributed by atoms with Gasteiger partial charge in [0, 0.05) is 23.6 Å². The lowest BCUT2D eigenvalue weighted by Gasteiger charge is -2.19. The average molecular weight is 428 g/mol. The Balaban J connectivity index is 2.25. The molecular weight excluding hydrogens is 410 g/mol. The van der Waals surface area contributed by atoms with Crippen molar-refractivity contribution in [1.29, 1.82) is 0 Å². The Morgan fingerprint density at radius 2 is 2.08 bits per heavy atom. The monoisotopic (exact) mass is 427 g/mol. The number of methoxy groups -OCH3 is 2. The number of carbonyl (C=O) groups is 2. The standard InChI is InChI=1S/C16H18BrN3O4S/c1-9-13(14(25-19-9)18-16(22)24-4)15(21)20(2)8-10-7-11(17)5-6-12(10)23-3/h5-7H,8H2,1-4H3,(H,18,22). The first-order valence-corrected chi connectivity index (χ1v) is 8.83. The number of anilines is 1. The molecule has 2 amide bonds. The van der Waals surface area contributed by atoms with Crippen molar-refractivity contribution in [2.24, 2.45) is 0 Å². The van der Waals surface area contributed by atoms with E-state index >= 15 is 0 Å². The zero-order chi connectivity index (χ0) is 18.6. The van der Waals surface area contributed by atoms with Crippen LogP contribution in [0.15, 0.2) is 22.7 Å². The van der Waals surface area contributed by atoms with E-state index in [1.807, 2.05) is 18.2 Å². The molecule has 2 aromatic rings. The maximum atomic E-state index is 12.9. The molecule has 0 saturated carbocycles. The molecule has 1 aromatic carbocycles. The molecule has 0 fully saturated rings. The highest BCUT2D eigenvalue weighted by atomic mass is 79.9. The zero-order valence-corrected chi connectivity index (χ0v) is 16.7. The summed E-state index contributed by atoms with van der Waals surface area (Å²) in [6.07, 6.45) is -0.644. The fraction of sp³-hybridized carbons (Fsp3) is 0.312. The van der Waals surface area contributed by atoms with Crippen molar-refractivity contribution in [2.75, 3.05) is 26.6 Å². The second kappa shape index (κ2) is 8.30. The lowest BCUT2D eigenvalue weighted by molar-refractivity contribution is 0.0784. The van der Waals surface area contributed by atoms with E-state index in [1.165, 1.54) is 7.11 Å². The Morgan fingerprint density at radius 3 is 2.72 bits per heavy atom. The Bertz CT molecular complexity index is 794. The normalized spacial score (nSPS) is 10.3. The van der Waals surface area contributed by atoms with Crippen molar-refractivity contribution < 1.29 is 19.1 Å². The highest BCUT2D eigenvalue weighted by Gasteiger charge is 2.24. The molecule has 1 N–H and O–H groups in total. The number of hydrogen-bond acceptors (Lipinski definition) is 6. The number of rotatable bonds is 5. The molecule has 0 atom stereocenters. The highest BCUT2D eigenvalue weighted by molar-refractivity contribution is 9.10. The minimum Gasteiger partial charge on any atom is -0.496 e. The molecule has 0 radical (unpaired) electrons. The van der Waals surface area contributed by atoms with E-state index in [2.05, 4.69) is 30.4 Å². The predicted molar refractivity (Wildman–Crippen MR) is 99.4 cm³/mol. The van der Waals surface area contributed by atoms with Gasteiger partial charge in [0.15, 0.2) is 0 Å². The van der Waals surface area contributed by atoms with E-state index in [0.717, 1.165) is 21.6 Å². The molecule has 7 nitrogen and oxygen atoms in total. The van der Waals surface area contributed by atoms with Gasteiger partial charge in [0.25, 0.3) is 5.91 Å². The number of nitrogens with zero attached hydrogens (tertiary/aromatic N) is 2. The maximum Gasteiger partial charge on any atom is 0.412 e. The number of aryl methyl sites for hydroxylation is 1. The molecule has 1 aromatic heterocycles. The molecule has 0 aliphatic rings. The van der Waals surface area contributed by atoms with Gasteiger partial charge in [-0.25, -0.2) is 4.79 Å². The minimum absolute atomic E-state index is 0.250. The summed E-state index contributed by atoms with van der Waals surface area (Å²) in [5.41, 5.74) is 1.76. The Kier molecular flexibility index (Phi) is 6.38. The number of hydrogen-bond donors (Lipinski definition) is 1. The van der Waals surface area contributed by atoms with Crippen LogP contribution in [0.4, 0.5) is 9.80 Å². The Labute approximate surface area is 158 Å². The van der Waals surface area contributed by atoms with Crippen LogP contribution in [0.1, 0.15) is 21.6 Å². The third-order valence-electron chi connectivity index (χ3n) is 3.47. The summed E-state index contributed by atoms with van der Waals surface area (Å²) in [4.78, 5) is 25.8. The van der Waals surface area contributed by atoms with Gasteiger partial charge in [0.1, 0.15) is 10.8 Å². The summed E-state index contributed by atoms with van der Waals surface area (Å²) in [5.74, 6) is 0.440. The van der Waals surface area contributed by atoms with Gasteiger partial charge in [-0.3, -0.25) is 10.1 Å². The summed E-state index contributed by atoms with van der Waals surface area (Å²) in [6, 6.07) is 5.60. The van der Waals surface area contributed by atoms with Crippen molar-refractivity contribution in [2.45, 2.75) is 13.5 Å². The van der Waals surface area contributed by atoms with Gasteiger partial charge in [0.2, 0.25) is 0 Å². The molecule has 25 heavy (non-hydrogen) atoms. The molecular formula is C16H18BrN3O4S. The summed E-state index contributed by atoms with van der Waals surface area (Å²) in [6.45, 7) is 2.06. The van der Waals surface area contributed by atoms with E-state index in [-0.39, 0.29) is 5.91 Å². The Morgan fingerprint density at radius 1 is 1.36 bits per heavy atom. The van der Waals surface area contributed by atoms with Crippen LogP contribution in [0.3, 0.4) is 0 Å². The lowest BCUT2D eigenvalue weighted by atomic mass is 10.1. The van der Waals surface area contributed by atoms with Crippen LogP contribution in [0.2, 0.25) is 0 Å². The van der Waals surface area contributed by atoms with Gasteiger partial charge in [-0.2, -0.15) is 4.37 Å². The SMILES string of the molecule is COC(=O)Nc1snc(C)c1C(=O)N(C)Cc1cc(Br)ccc1OC. The van der Waals surface area contributed by atoms with Crippen LogP contribution in [-0.4, -0.2) is 42.5 Å². The quantitative estimate of drug-likeness (QED) is 0.786. The summed E-state index contributed by atoms with van der Waals surface area (Å²) >= 11 is 4.46. The van der Waals surface area contributed by atoms with Crippen molar-refractivity contribution in [3.8, 4) is 5.75 Å². The van der Waals surface area contributed by atoms with Crippen LogP contribution >= 0.6 is 27.5 Å². The van der Waals surface area contributed by atoms with Crippen molar-refractivity contribution in [1.82, 2.24) is 9.27 Å². The molecule has 0 bridgehead atoms. The van der Waals surface area contributed by atoms with Gasteiger partial charge >= 0.3 is 6.09 Å². The first-order chi connectivity index (χ1) is 11.9. The number of aromatic nitrogens is 1. The first kappa shape index (κ1) is 19.2. The number of halogens is 1. The van der Waals surface area contributed by atoms with Crippen molar-refractivity contribution in [3.05, 3.63) is 39.5 Å². The largest absolute Gasteiger partial charge is 0.496 e. The first-order valence-electron chi connectivity index (χ1n) is 7.26. The van der Waals surface area contributed by atoms with Crippen LogP contribution in [0.25, 0.3) is 0 Å². The molecule has 134 valence electrons. The second-order valence-corrected chi connectivity index (χ2v) is 6.90. The number of carbonyl (C=O) groups excluding carboxylic acids is 2. The van der Waals surface area contributed by atoms with E-state index in [1.54, 1.807) is 26.0 Å². The average Bonchev–Trinajstić information content (AvgIpc) is 2.94. The molecule has 0 spiro atoms. The smallest absolute Gasteiger partial charge is 0.412 e. The predicted octanol–water partition coefficient (Wildman–Crippen LogP) is 3.67. The van der Waals surface area contributed by atoms with Crippen LogP contribution in [0.5, 0.6) is 5.75 Å². The molecule has 9 heteroatoms. The molecule has 1 heterocycles. The number of benzene rings is 1. The molecule has 2 rings (SSSR count). The second-order valence-electron chi connectivity index (χ2n) is 5.21. The molecule has 0 aliphatic carbocycles. The third kappa shape index (κ3) is 4.49. The minimum atomic E-state index is -0.644. The molecule has 0 unspecified atom stereocenters. The summed E-state index contributed by atoms with van der Waals surface area (Å²) in [7, 11) is 4.53. The summed E-state index contributed by atoms with van der Waals surface area (Å²) < 4.78 is 15.0. The third-order valence-corrected chi connectivity index (χ3v) is 4.82. The fourth-order valence-corrected chi connectivity index (χ4v) is 3.42. The van der Waals surface area contributed by atoms with Crippen LogP contribution in [0, 0.1) is 6.92 Å². The Hall–Kier alpha value is -2.13. The van der Waals surface area contributed by atoms with E-state index in [9.17, 15) is 9.59 Å². The van der Waals surface area contributed by atoms with Crippen molar-refractivity contribution >= 4 is 44.5 Å². The highest BCUT2D eigenvalue weighted by Crippen LogP contribution is 2.28.